The lowest BCUT2D eigenvalue weighted by Gasteiger charge is -2.32. The predicted molar refractivity (Wildman–Crippen MR) is 94.2 cm³/mol. The third kappa shape index (κ3) is 3.20. The minimum atomic E-state index is -3.46. The predicted octanol–water partition coefficient (Wildman–Crippen LogP) is 3.99. The maximum absolute atomic E-state index is 13.1. The number of sulfonamides is 1. The van der Waals surface area contributed by atoms with Gasteiger partial charge in [0.05, 0.1) is 15.6 Å². The summed E-state index contributed by atoms with van der Waals surface area (Å²) >= 11 is 1.57. The summed E-state index contributed by atoms with van der Waals surface area (Å²) in [5.74, 6) is 0. The van der Waals surface area contributed by atoms with Crippen LogP contribution in [0.3, 0.4) is 0 Å². The number of nitrogens with zero attached hydrogens (tertiary/aromatic N) is 2. The zero-order chi connectivity index (χ0) is 16.6. The van der Waals surface area contributed by atoms with Crippen molar-refractivity contribution in [1.82, 2.24) is 9.29 Å². The summed E-state index contributed by atoms with van der Waals surface area (Å²) in [6.45, 7) is 6.43. The van der Waals surface area contributed by atoms with Crippen molar-refractivity contribution in [3.8, 4) is 11.3 Å². The van der Waals surface area contributed by atoms with Gasteiger partial charge in [-0.3, -0.25) is 0 Å². The molecule has 124 valence electrons. The number of hydrogen-bond acceptors (Lipinski definition) is 4. The first kappa shape index (κ1) is 16.6. The van der Waals surface area contributed by atoms with Crippen molar-refractivity contribution >= 4 is 21.4 Å². The molecule has 0 aliphatic carbocycles. The van der Waals surface area contributed by atoms with E-state index in [1.807, 2.05) is 38.3 Å². The Balaban J connectivity index is 2.04. The van der Waals surface area contributed by atoms with Crippen molar-refractivity contribution < 1.29 is 8.42 Å². The molecule has 1 aromatic heterocycles. The van der Waals surface area contributed by atoms with E-state index >= 15 is 0 Å². The topological polar surface area (TPSA) is 50.3 Å². The molecule has 0 unspecified atom stereocenters. The minimum absolute atomic E-state index is 0.0679. The Morgan fingerprint density at radius 1 is 1.26 bits per heavy atom. The molecule has 3 rings (SSSR count). The molecular formula is C17H22N2O2S2. The second kappa shape index (κ2) is 6.34. The number of thiazole rings is 1. The molecule has 6 heteroatoms. The van der Waals surface area contributed by atoms with Gasteiger partial charge in [0, 0.05) is 23.5 Å². The monoisotopic (exact) mass is 350 g/mol. The number of benzene rings is 1. The van der Waals surface area contributed by atoms with E-state index in [9.17, 15) is 8.42 Å². The Morgan fingerprint density at radius 2 is 2.04 bits per heavy atom. The highest BCUT2D eigenvalue weighted by Gasteiger charge is 2.32. The van der Waals surface area contributed by atoms with Crippen LogP contribution in [0.5, 0.6) is 0 Å². The average molecular weight is 351 g/mol. The highest BCUT2D eigenvalue weighted by atomic mass is 32.2. The van der Waals surface area contributed by atoms with Crippen LogP contribution in [0.4, 0.5) is 0 Å². The molecule has 1 aromatic carbocycles. The second-order valence-electron chi connectivity index (χ2n) is 6.19. The van der Waals surface area contributed by atoms with Crippen LogP contribution in [0.1, 0.15) is 36.8 Å². The molecule has 1 saturated heterocycles. The molecule has 2 heterocycles. The molecule has 0 amide bonds. The summed E-state index contributed by atoms with van der Waals surface area (Å²) in [7, 11) is -3.46. The standard InChI is InChI=1S/C17H22N2O2S2/c1-12-7-8-15(16-11-22-14(3)18-16)10-17(12)23(20,21)19-9-5-4-6-13(19)2/h7-8,10-11,13H,4-6,9H2,1-3H3/t13-/m1/s1. The summed E-state index contributed by atoms with van der Waals surface area (Å²) < 4.78 is 27.9. The van der Waals surface area contributed by atoms with E-state index in [4.69, 9.17) is 0 Å². The summed E-state index contributed by atoms with van der Waals surface area (Å²) in [5.41, 5.74) is 2.50. The molecule has 0 N–H and O–H groups in total. The molecule has 1 aliphatic rings. The summed E-state index contributed by atoms with van der Waals surface area (Å²) in [5, 5.41) is 2.95. The molecule has 23 heavy (non-hydrogen) atoms. The van der Waals surface area contributed by atoms with Crippen molar-refractivity contribution in [2.45, 2.75) is 51.0 Å². The van der Waals surface area contributed by atoms with Gasteiger partial charge in [0.1, 0.15) is 0 Å². The molecule has 0 radical (unpaired) electrons. The van der Waals surface area contributed by atoms with E-state index in [1.54, 1.807) is 21.7 Å². The zero-order valence-electron chi connectivity index (χ0n) is 13.7. The van der Waals surface area contributed by atoms with E-state index in [1.165, 1.54) is 0 Å². The van der Waals surface area contributed by atoms with Gasteiger partial charge in [-0.05, 0) is 45.2 Å². The number of hydrogen-bond donors (Lipinski definition) is 0. The van der Waals surface area contributed by atoms with Gasteiger partial charge >= 0.3 is 0 Å². The van der Waals surface area contributed by atoms with Crippen molar-refractivity contribution in [2.24, 2.45) is 0 Å². The van der Waals surface area contributed by atoms with Gasteiger partial charge in [-0.2, -0.15) is 4.31 Å². The van der Waals surface area contributed by atoms with E-state index in [0.29, 0.717) is 11.4 Å². The number of aryl methyl sites for hydroxylation is 2. The van der Waals surface area contributed by atoms with Crippen molar-refractivity contribution in [1.29, 1.82) is 0 Å². The van der Waals surface area contributed by atoms with E-state index < -0.39 is 10.0 Å². The fraction of sp³-hybridized carbons (Fsp3) is 0.471. The van der Waals surface area contributed by atoms with Crippen molar-refractivity contribution in [2.75, 3.05) is 6.54 Å². The molecule has 2 aromatic rings. The summed E-state index contributed by atoms with van der Waals surface area (Å²) in [6, 6.07) is 5.67. The van der Waals surface area contributed by atoms with Gasteiger partial charge in [0.2, 0.25) is 10.0 Å². The van der Waals surface area contributed by atoms with Gasteiger partial charge < -0.3 is 0 Å². The van der Waals surface area contributed by atoms with Crippen LogP contribution in [0.15, 0.2) is 28.5 Å². The van der Waals surface area contributed by atoms with Gasteiger partial charge in [-0.1, -0.05) is 18.6 Å². The molecule has 1 aliphatic heterocycles. The van der Waals surface area contributed by atoms with Crippen molar-refractivity contribution in [3.05, 3.63) is 34.2 Å². The Kier molecular flexibility index (Phi) is 4.58. The van der Waals surface area contributed by atoms with E-state index in [2.05, 4.69) is 4.98 Å². The molecular weight excluding hydrogens is 328 g/mol. The Bertz CT molecular complexity index is 812. The number of aromatic nitrogens is 1. The SMILES string of the molecule is Cc1nc(-c2ccc(C)c(S(=O)(=O)N3CCCC[C@H]3C)c2)cs1. The largest absolute Gasteiger partial charge is 0.243 e. The number of piperidine rings is 1. The van der Waals surface area contributed by atoms with Crippen LogP contribution in [-0.2, 0) is 10.0 Å². The van der Waals surface area contributed by atoms with Gasteiger partial charge in [0.15, 0.2) is 0 Å². The summed E-state index contributed by atoms with van der Waals surface area (Å²) in [4.78, 5) is 4.88. The van der Waals surface area contributed by atoms with Crippen LogP contribution >= 0.6 is 11.3 Å². The van der Waals surface area contributed by atoms with Crippen molar-refractivity contribution in [3.63, 3.8) is 0 Å². The fourth-order valence-electron chi connectivity index (χ4n) is 3.09. The third-order valence-electron chi connectivity index (χ3n) is 4.43. The molecule has 1 fully saturated rings. The van der Waals surface area contributed by atoms with Crippen LogP contribution < -0.4 is 0 Å². The lowest BCUT2D eigenvalue weighted by Crippen LogP contribution is -2.42. The Morgan fingerprint density at radius 3 is 2.70 bits per heavy atom. The smallest absolute Gasteiger partial charge is 0.242 e. The normalized spacial score (nSPS) is 19.9. The molecule has 0 spiro atoms. The lowest BCUT2D eigenvalue weighted by molar-refractivity contribution is 0.268. The van der Waals surface area contributed by atoms with Crippen LogP contribution in [-0.4, -0.2) is 30.3 Å². The molecule has 1 atom stereocenters. The maximum atomic E-state index is 13.1. The molecule has 0 bridgehead atoms. The average Bonchev–Trinajstić information content (AvgIpc) is 2.94. The Hall–Kier alpha value is -1.24. The Labute approximate surface area is 142 Å². The quantitative estimate of drug-likeness (QED) is 0.841. The van der Waals surface area contributed by atoms with Gasteiger partial charge in [-0.15, -0.1) is 11.3 Å². The first-order valence-electron chi connectivity index (χ1n) is 7.94. The lowest BCUT2D eigenvalue weighted by atomic mass is 10.1. The highest BCUT2D eigenvalue weighted by molar-refractivity contribution is 7.89. The molecule has 0 saturated carbocycles. The van der Waals surface area contributed by atoms with Gasteiger partial charge in [0.25, 0.3) is 0 Å². The van der Waals surface area contributed by atoms with Crippen LogP contribution in [0.2, 0.25) is 0 Å². The van der Waals surface area contributed by atoms with E-state index in [0.717, 1.165) is 41.1 Å². The molecule has 4 nitrogen and oxygen atoms in total. The van der Waals surface area contributed by atoms with E-state index in [-0.39, 0.29) is 6.04 Å². The fourth-order valence-corrected chi connectivity index (χ4v) is 5.66. The van der Waals surface area contributed by atoms with Crippen LogP contribution in [0.25, 0.3) is 11.3 Å². The summed E-state index contributed by atoms with van der Waals surface area (Å²) in [6.07, 6.45) is 2.97. The van der Waals surface area contributed by atoms with Crippen LogP contribution in [0, 0.1) is 13.8 Å². The third-order valence-corrected chi connectivity index (χ3v) is 7.36. The maximum Gasteiger partial charge on any atom is 0.243 e. The highest BCUT2D eigenvalue weighted by Crippen LogP contribution is 2.30. The second-order valence-corrected chi connectivity index (χ2v) is 9.11. The first-order chi connectivity index (χ1) is 10.9. The minimum Gasteiger partial charge on any atom is -0.242 e. The first-order valence-corrected chi connectivity index (χ1v) is 10.3. The zero-order valence-corrected chi connectivity index (χ0v) is 15.4. The number of rotatable bonds is 3. The van der Waals surface area contributed by atoms with Gasteiger partial charge in [-0.25, -0.2) is 13.4 Å².